The summed E-state index contributed by atoms with van der Waals surface area (Å²) in [5.41, 5.74) is 2.49. The zero-order valence-electron chi connectivity index (χ0n) is 22.3. The van der Waals surface area contributed by atoms with Crippen LogP contribution in [0.15, 0.2) is 24.5 Å². The van der Waals surface area contributed by atoms with Crippen molar-refractivity contribution >= 4 is 11.7 Å². The van der Waals surface area contributed by atoms with E-state index in [4.69, 9.17) is 18.9 Å². The molecule has 0 aromatic carbocycles. The van der Waals surface area contributed by atoms with Crippen LogP contribution >= 0.6 is 0 Å². The van der Waals surface area contributed by atoms with Crippen LogP contribution in [0.2, 0.25) is 0 Å². The molecule has 1 aliphatic heterocycles. The lowest BCUT2D eigenvalue weighted by molar-refractivity contribution is -0.289. The summed E-state index contributed by atoms with van der Waals surface area (Å²) in [6, 6.07) is 3.35. The fraction of sp³-hybridized carbons (Fsp3) is 0.593. The number of halogens is 5. The lowest BCUT2D eigenvalue weighted by Gasteiger charge is -2.34. The number of carbonyl (C=O) groups excluding carboxylic acids is 1. The van der Waals surface area contributed by atoms with Crippen LogP contribution in [0.25, 0.3) is 0 Å². The van der Waals surface area contributed by atoms with Crippen LogP contribution in [0.1, 0.15) is 49.7 Å². The second kappa shape index (κ2) is 12.4. The third-order valence-electron chi connectivity index (χ3n) is 7.19. The first kappa shape index (κ1) is 29.6. The van der Waals surface area contributed by atoms with Crippen LogP contribution in [0.5, 0.6) is 17.5 Å². The average molecular weight is 574 g/mol. The minimum Gasteiger partial charge on any atom is -0.483 e. The molecule has 0 N–H and O–H groups in total. The summed E-state index contributed by atoms with van der Waals surface area (Å²) < 4.78 is 85.8. The molecule has 220 valence electrons. The van der Waals surface area contributed by atoms with Gasteiger partial charge in [-0.2, -0.15) is 22.0 Å². The van der Waals surface area contributed by atoms with Crippen molar-refractivity contribution in [1.29, 1.82) is 0 Å². The van der Waals surface area contributed by atoms with Gasteiger partial charge in [0.25, 0.3) is 0 Å². The van der Waals surface area contributed by atoms with Gasteiger partial charge in [-0.1, -0.05) is 0 Å². The largest absolute Gasteiger partial charge is 0.483 e. The van der Waals surface area contributed by atoms with Crippen LogP contribution < -0.4 is 19.1 Å². The molecule has 0 saturated carbocycles. The molecule has 4 rings (SSSR count). The maximum absolute atomic E-state index is 13.4. The Bertz CT molecular complexity index is 1170. The first-order valence-corrected chi connectivity index (χ1v) is 13.1. The first-order valence-electron chi connectivity index (χ1n) is 13.1. The molecule has 40 heavy (non-hydrogen) atoms. The number of ether oxygens (including phenoxy) is 4. The van der Waals surface area contributed by atoms with Gasteiger partial charge in [0.2, 0.25) is 11.8 Å². The number of esters is 1. The zero-order valence-corrected chi connectivity index (χ0v) is 22.3. The fourth-order valence-corrected chi connectivity index (χ4v) is 4.94. The normalized spacial score (nSPS) is 17.9. The topological polar surface area (TPSA) is 83.0 Å². The van der Waals surface area contributed by atoms with Gasteiger partial charge in [0, 0.05) is 31.4 Å². The number of hydrogen-bond donors (Lipinski definition) is 0. The van der Waals surface area contributed by atoms with Gasteiger partial charge in [0.05, 0.1) is 38.6 Å². The van der Waals surface area contributed by atoms with Crippen LogP contribution in [0, 0.1) is 5.92 Å². The van der Waals surface area contributed by atoms with Crippen molar-refractivity contribution in [3.8, 4) is 17.5 Å². The predicted octanol–water partition coefficient (Wildman–Crippen LogP) is 5.34. The van der Waals surface area contributed by atoms with Gasteiger partial charge < -0.3 is 23.8 Å². The summed E-state index contributed by atoms with van der Waals surface area (Å²) in [7, 11) is 1.38. The maximum atomic E-state index is 13.4. The smallest absolute Gasteiger partial charge is 0.456 e. The van der Waals surface area contributed by atoms with Gasteiger partial charge in [-0.05, 0) is 55.6 Å². The van der Waals surface area contributed by atoms with Crippen molar-refractivity contribution in [2.75, 3.05) is 44.9 Å². The minimum absolute atomic E-state index is 0.0764. The quantitative estimate of drug-likeness (QED) is 0.263. The van der Waals surface area contributed by atoms with E-state index in [0.717, 1.165) is 30.2 Å². The van der Waals surface area contributed by atoms with Gasteiger partial charge in [-0.15, -0.1) is 0 Å². The van der Waals surface area contributed by atoms with Crippen LogP contribution in [-0.4, -0.2) is 68.1 Å². The molecule has 1 aliphatic carbocycles. The Morgan fingerprint density at radius 3 is 2.42 bits per heavy atom. The molecule has 0 amide bonds. The summed E-state index contributed by atoms with van der Waals surface area (Å²) >= 11 is 0. The lowest BCUT2D eigenvalue weighted by atomic mass is 9.97. The van der Waals surface area contributed by atoms with Crippen molar-refractivity contribution < 1.29 is 45.7 Å². The number of aryl methyl sites for hydroxylation is 1. The highest BCUT2D eigenvalue weighted by molar-refractivity contribution is 5.71. The van der Waals surface area contributed by atoms with E-state index in [9.17, 15) is 26.7 Å². The van der Waals surface area contributed by atoms with Crippen molar-refractivity contribution in [3.63, 3.8) is 0 Å². The Labute approximate surface area is 228 Å². The molecule has 0 radical (unpaired) electrons. The van der Waals surface area contributed by atoms with Crippen LogP contribution in [0.3, 0.4) is 0 Å². The number of aromatic nitrogens is 2. The summed E-state index contributed by atoms with van der Waals surface area (Å²) in [5, 5.41) is 0. The van der Waals surface area contributed by atoms with Crippen LogP contribution in [-0.2, 0) is 16.0 Å². The molecule has 2 aromatic rings. The first-order chi connectivity index (χ1) is 19.0. The van der Waals surface area contributed by atoms with E-state index in [-0.39, 0.29) is 29.4 Å². The molecule has 8 nitrogen and oxygen atoms in total. The molecule has 1 unspecified atom stereocenters. The van der Waals surface area contributed by atoms with Gasteiger partial charge in [0.1, 0.15) is 0 Å². The lowest BCUT2D eigenvalue weighted by Crippen LogP contribution is -2.42. The van der Waals surface area contributed by atoms with E-state index in [1.165, 1.54) is 13.2 Å². The van der Waals surface area contributed by atoms with Crippen molar-refractivity contribution in [1.82, 2.24) is 9.97 Å². The standard InChI is InChI=1S/C27H32F5N3O5/c1-3-38-25(36)10-18-4-5-19-13-33-24(11-20(18)19)39-15-17-6-8-35(9-7-17)21-12-23(37-2)34-14-22(21)40-16-26(28,29)27(30,31)32/h11-14,17-18H,3-10,15-16H2,1-2H3. The number of fused-ring (bicyclic) bond motifs is 1. The predicted molar refractivity (Wildman–Crippen MR) is 134 cm³/mol. The summed E-state index contributed by atoms with van der Waals surface area (Å²) in [6.45, 7) is 1.67. The van der Waals surface area contributed by atoms with E-state index in [1.807, 2.05) is 11.0 Å². The second-order valence-electron chi connectivity index (χ2n) is 9.89. The molecule has 1 saturated heterocycles. The number of piperidine rings is 1. The minimum atomic E-state index is -5.72. The highest BCUT2D eigenvalue weighted by Gasteiger charge is 2.58. The second-order valence-corrected chi connectivity index (χ2v) is 9.89. The Kier molecular flexibility index (Phi) is 9.19. The number of pyridine rings is 2. The summed E-state index contributed by atoms with van der Waals surface area (Å²) in [6.07, 6.45) is 0.548. The number of methoxy groups -OCH3 is 1. The highest BCUT2D eigenvalue weighted by Crippen LogP contribution is 2.39. The monoisotopic (exact) mass is 573 g/mol. The Morgan fingerprint density at radius 2 is 1.75 bits per heavy atom. The number of hydrogen-bond acceptors (Lipinski definition) is 8. The maximum Gasteiger partial charge on any atom is 0.456 e. The van der Waals surface area contributed by atoms with Gasteiger partial charge in [0.15, 0.2) is 12.4 Å². The van der Waals surface area contributed by atoms with E-state index in [1.54, 1.807) is 13.1 Å². The zero-order chi connectivity index (χ0) is 28.9. The Hall–Kier alpha value is -3.38. The van der Waals surface area contributed by atoms with Crippen molar-refractivity contribution in [3.05, 3.63) is 35.7 Å². The molecular weight excluding hydrogens is 541 g/mol. The molecule has 1 fully saturated rings. The summed E-state index contributed by atoms with van der Waals surface area (Å²) in [5.74, 6) is -4.49. The SMILES string of the molecule is CCOC(=O)CC1CCc2cnc(OCC3CCN(c4cc(OC)ncc4OCC(F)(F)C(F)(F)F)CC3)cc21. The Morgan fingerprint density at radius 1 is 1.02 bits per heavy atom. The van der Waals surface area contributed by atoms with Crippen molar-refractivity contribution in [2.45, 2.75) is 57.0 Å². The highest BCUT2D eigenvalue weighted by atomic mass is 19.4. The summed E-state index contributed by atoms with van der Waals surface area (Å²) in [4.78, 5) is 22.1. The van der Waals surface area contributed by atoms with Crippen molar-refractivity contribution in [2.24, 2.45) is 5.92 Å². The third kappa shape index (κ3) is 7.03. The molecule has 2 aromatic heterocycles. The van der Waals surface area contributed by atoms with E-state index >= 15 is 0 Å². The molecule has 1 atom stereocenters. The molecule has 3 heterocycles. The van der Waals surface area contributed by atoms with E-state index < -0.39 is 18.7 Å². The number of carbonyl (C=O) groups is 1. The fourth-order valence-electron chi connectivity index (χ4n) is 4.94. The van der Waals surface area contributed by atoms with E-state index in [2.05, 4.69) is 9.97 Å². The molecule has 2 aliphatic rings. The third-order valence-corrected chi connectivity index (χ3v) is 7.19. The number of nitrogens with zero attached hydrogens (tertiary/aromatic N) is 3. The van der Waals surface area contributed by atoms with E-state index in [0.29, 0.717) is 57.1 Å². The molecule has 0 bridgehead atoms. The number of anilines is 1. The van der Waals surface area contributed by atoms with Gasteiger partial charge in [-0.3, -0.25) is 4.79 Å². The Balaban J connectivity index is 1.34. The average Bonchev–Trinajstić information content (AvgIpc) is 3.32. The number of alkyl halides is 5. The molecular formula is C27H32F5N3O5. The molecule has 13 heteroatoms. The van der Waals surface area contributed by atoms with Gasteiger partial charge >= 0.3 is 18.1 Å². The van der Waals surface area contributed by atoms with Crippen LogP contribution in [0.4, 0.5) is 27.6 Å². The number of rotatable bonds is 11. The van der Waals surface area contributed by atoms with Gasteiger partial charge in [-0.25, -0.2) is 9.97 Å². The molecule has 0 spiro atoms.